The Balaban J connectivity index is 1.64. The molecule has 0 aromatic heterocycles. The molecule has 3 rings (SSSR count). The smallest absolute Gasteiger partial charge is 0.0224 e. The first-order valence-electron chi connectivity index (χ1n) is 8.23. The molecule has 0 aromatic carbocycles. The summed E-state index contributed by atoms with van der Waals surface area (Å²) < 4.78 is 0. The van der Waals surface area contributed by atoms with Crippen LogP contribution in [-0.4, -0.2) is 35.6 Å². The first-order chi connectivity index (χ1) is 8.73. The summed E-state index contributed by atoms with van der Waals surface area (Å²) in [6.45, 7) is 7.39. The summed E-state index contributed by atoms with van der Waals surface area (Å²) in [6, 6.07) is 1.57. The lowest BCUT2D eigenvalue weighted by molar-refractivity contribution is 0.0514. The Kier molecular flexibility index (Phi) is 3.68. The third-order valence-corrected chi connectivity index (χ3v) is 5.81. The molecule has 2 nitrogen and oxygen atoms in total. The summed E-state index contributed by atoms with van der Waals surface area (Å²) in [5.74, 6) is 0.960. The van der Waals surface area contributed by atoms with E-state index in [2.05, 4.69) is 24.1 Å². The lowest BCUT2D eigenvalue weighted by Crippen LogP contribution is -2.61. The van der Waals surface area contributed by atoms with Crippen molar-refractivity contribution in [1.82, 2.24) is 10.2 Å². The molecule has 0 amide bonds. The third kappa shape index (κ3) is 2.46. The number of rotatable bonds is 3. The summed E-state index contributed by atoms with van der Waals surface area (Å²) in [5.41, 5.74) is 0.565. The van der Waals surface area contributed by atoms with Crippen LogP contribution in [0, 0.1) is 5.92 Å². The van der Waals surface area contributed by atoms with Crippen LogP contribution in [0.4, 0.5) is 0 Å². The summed E-state index contributed by atoms with van der Waals surface area (Å²) in [7, 11) is 0. The fraction of sp³-hybridized carbons (Fsp3) is 1.00. The van der Waals surface area contributed by atoms with E-state index >= 15 is 0 Å². The molecular formula is C16H30N2. The highest BCUT2D eigenvalue weighted by atomic mass is 15.3. The Morgan fingerprint density at radius 3 is 2.50 bits per heavy atom. The van der Waals surface area contributed by atoms with Gasteiger partial charge in [-0.1, -0.05) is 26.2 Å². The first kappa shape index (κ1) is 12.9. The summed E-state index contributed by atoms with van der Waals surface area (Å²) in [4.78, 5) is 2.86. The van der Waals surface area contributed by atoms with Crippen LogP contribution in [0.2, 0.25) is 0 Å². The molecule has 2 atom stereocenters. The molecule has 2 aliphatic carbocycles. The van der Waals surface area contributed by atoms with E-state index < -0.39 is 0 Å². The van der Waals surface area contributed by atoms with Crippen molar-refractivity contribution in [2.24, 2.45) is 5.92 Å². The lowest BCUT2D eigenvalue weighted by atomic mass is 9.82. The van der Waals surface area contributed by atoms with Gasteiger partial charge in [0.1, 0.15) is 0 Å². The quantitative estimate of drug-likeness (QED) is 0.827. The molecular weight excluding hydrogens is 220 g/mol. The Bertz CT molecular complexity index is 279. The maximum Gasteiger partial charge on any atom is 0.0224 e. The van der Waals surface area contributed by atoms with Crippen molar-refractivity contribution in [1.29, 1.82) is 0 Å². The number of nitrogens with zero attached hydrogens (tertiary/aromatic N) is 1. The maximum absolute atomic E-state index is 3.88. The van der Waals surface area contributed by atoms with Gasteiger partial charge in [-0.2, -0.15) is 0 Å². The lowest BCUT2D eigenvalue weighted by Gasteiger charge is -2.46. The summed E-state index contributed by atoms with van der Waals surface area (Å²) in [6.07, 6.45) is 11.5. The number of piperazine rings is 1. The largest absolute Gasteiger partial charge is 0.311 e. The predicted molar refractivity (Wildman–Crippen MR) is 76.8 cm³/mol. The minimum Gasteiger partial charge on any atom is -0.311 e. The molecule has 3 fully saturated rings. The SMILES string of the molecule is CCC1CNC(C2CCCCC2)CN1C1(C)CC1. The minimum absolute atomic E-state index is 0.565. The van der Waals surface area contributed by atoms with Crippen molar-refractivity contribution < 1.29 is 0 Å². The molecule has 104 valence electrons. The van der Waals surface area contributed by atoms with Gasteiger partial charge < -0.3 is 5.32 Å². The molecule has 0 bridgehead atoms. The number of nitrogens with one attached hydrogen (secondary N) is 1. The zero-order valence-corrected chi connectivity index (χ0v) is 12.3. The average Bonchev–Trinajstić information content (AvgIpc) is 3.18. The van der Waals surface area contributed by atoms with E-state index in [1.165, 1.54) is 64.5 Å². The van der Waals surface area contributed by atoms with Gasteiger partial charge in [0, 0.05) is 30.7 Å². The monoisotopic (exact) mass is 250 g/mol. The number of hydrogen-bond acceptors (Lipinski definition) is 2. The Labute approximate surface area is 113 Å². The highest BCUT2D eigenvalue weighted by Crippen LogP contribution is 2.44. The van der Waals surface area contributed by atoms with Crippen LogP contribution >= 0.6 is 0 Å². The average molecular weight is 250 g/mol. The summed E-state index contributed by atoms with van der Waals surface area (Å²) in [5, 5.41) is 3.88. The highest BCUT2D eigenvalue weighted by molar-refractivity contribution is 5.05. The molecule has 0 spiro atoms. The molecule has 18 heavy (non-hydrogen) atoms. The van der Waals surface area contributed by atoms with E-state index in [9.17, 15) is 0 Å². The molecule has 1 N–H and O–H groups in total. The Morgan fingerprint density at radius 1 is 1.17 bits per heavy atom. The van der Waals surface area contributed by atoms with Gasteiger partial charge >= 0.3 is 0 Å². The molecule has 1 heterocycles. The van der Waals surface area contributed by atoms with E-state index in [4.69, 9.17) is 0 Å². The van der Waals surface area contributed by atoms with Gasteiger partial charge in [0.25, 0.3) is 0 Å². The molecule has 3 aliphatic rings. The molecule has 0 radical (unpaired) electrons. The van der Waals surface area contributed by atoms with Gasteiger partial charge in [0.15, 0.2) is 0 Å². The van der Waals surface area contributed by atoms with Gasteiger partial charge in [0.2, 0.25) is 0 Å². The van der Waals surface area contributed by atoms with Crippen molar-refractivity contribution in [2.45, 2.75) is 82.8 Å². The maximum atomic E-state index is 3.88. The van der Waals surface area contributed by atoms with Crippen LogP contribution in [-0.2, 0) is 0 Å². The Morgan fingerprint density at radius 2 is 1.89 bits per heavy atom. The van der Waals surface area contributed by atoms with Crippen molar-refractivity contribution in [3.05, 3.63) is 0 Å². The number of hydrogen-bond donors (Lipinski definition) is 1. The molecule has 2 unspecified atom stereocenters. The molecule has 1 saturated heterocycles. The van der Waals surface area contributed by atoms with Crippen LogP contribution in [0.3, 0.4) is 0 Å². The van der Waals surface area contributed by atoms with E-state index in [-0.39, 0.29) is 0 Å². The van der Waals surface area contributed by atoms with Crippen LogP contribution in [0.15, 0.2) is 0 Å². The van der Waals surface area contributed by atoms with Crippen molar-refractivity contribution in [2.75, 3.05) is 13.1 Å². The summed E-state index contributed by atoms with van der Waals surface area (Å²) >= 11 is 0. The topological polar surface area (TPSA) is 15.3 Å². The molecule has 1 aliphatic heterocycles. The van der Waals surface area contributed by atoms with E-state index in [1.807, 2.05) is 0 Å². The van der Waals surface area contributed by atoms with Crippen LogP contribution in [0.25, 0.3) is 0 Å². The molecule has 2 saturated carbocycles. The second-order valence-corrected chi connectivity index (χ2v) is 7.12. The fourth-order valence-corrected chi connectivity index (χ4v) is 4.17. The molecule has 0 aromatic rings. The van der Waals surface area contributed by atoms with E-state index in [0.29, 0.717) is 5.54 Å². The van der Waals surface area contributed by atoms with Crippen molar-refractivity contribution in [3.8, 4) is 0 Å². The Hall–Kier alpha value is -0.0800. The van der Waals surface area contributed by atoms with Crippen molar-refractivity contribution >= 4 is 0 Å². The van der Waals surface area contributed by atoms with Crippen LogP contribution in [0.5, 0.6) is 0 Å². The van der Waals surface area contributed by atoms with E-state index in [0.717, 1.165) is 18.0 Å². The standard InChI is InChI=1S/C16H30N2/c1-3-14-11-17-15(13-7-5-4-6-8-13)12-18(14)16(2)9-10-16/h13-15,17H,3-12H2,1-2H3. The van der Waals surface area contributed by atoms with Gasteiger partial charge in [-0.25, -0.2) is 0 Å². The fourth-order valence-electron chi connectivity index (χ4n) is 4.17. The third-order valence-electron chi connectivity index (χ3n) is 5.81. The predicted octanol–water partition coefficient (Wildman–Crippen LogP) is 3.17. The first-order valence-corrected chi connectivity index (χ1v) is 8.23. The molecule has 2 heteroatoms. The van der Waals surface area contributed by atoms with Gasteiger partial charge in [-0.3, -0.25) is 4.90 Å². The van der Waals surface area contributed by atoms with Gasteiger partial charge in [-0.15, -0.1) is 0 Å². The second kappa shape index (κ2) is 5.13. The van der Waals surface area contributed by atoms with Crippen LogP contribution < -0.4 is 5.32 Å². The highest BCUT2D eigenvalue weighted by Gasteiger charge is 2.48. The van der Waals surface area contributed by atoms with E-state index in [1.54, 1.807) is 0 Å². The van der Waals surface area contributed by atoms with Gasteiger partial charge in [0.05, 0.1) is 0 Å². The minimum atomic E-state index is 0.565. The van der Waals surface area contributed by atoms with Gasteiger partial charge in [-0.05, 0) is 44.9 Å². The zero-order valence-electron chi connectivity index (χ0n) is 12.3. The zero-order chi connectivity index (χ0) is 12.6. The van der Waals surface area contributed by atoms with Crippen LogP contribution in [0.1, 0.15) is 65.2 Å². The normalized spacial score (nSPS) is 37.7. The second-order valence-electron chi connectivity index (χ2n) is 7.12. The van der Waals surface area contributed by atoms with Crippen molar-refractivity contribution in [3.63, 3.8) is 0 Å².